The van der Waals surface area contributed by atoms with Crippen molar-refractivity contribution < 1.29 is 14.6 Å². The summed E-state index contributed by atoms with van der Waals surface area (Å²) in [6.07, 6.45) is 0.161. The van der Waals surface area contributed by atoms with E-state index in [0.29, 0.717) is 6.61 Å². The van der Waals surface area contributed by atoms with E-state index in [1.807, 2.05) is 38.1 Å². The van der Waals surface area contributed by atoms with Crippen molar-refractivity contribution in [3.05, 3.63) is 29.8 Å². The topological polar surface area (TPSA) is 46.5 Å². The molecule has 0 radical (unpaired) electrons. The standard InChI is InChI=1S/C12H16O3/c1-3-15-11-6-4-10(5-7-11)9(2)8-12(13)14/h4-7,9H,3,8H2,1-2H3,(H,13,14). The number of carboxylic acids is 1. The Bertz CT molecular complexity index is 316. The van der Waals surface area contributed by atoms with E-state index in [1.165, 1.54) is 0 Å². The second-order valence-electron chi connectivity index (χ2n) is 3.50. The third kappa shape index (κ3) is 3.62. The molecule has 0 aliphatic rings. The molecule has 1 rings (SSSR count). The molecule has 1 unspecified atom stereocenters. The van der Waals surface area contributed by atoms with Crippen molar-refractivity contribution in [3.8, 4) is 5.75 Å². The van der Waals surface area contributed by atoms with Gasteiger partial charge in [-0.3, -0.25) is 4.79 Å². The molecule has 1 aromatic rings. The Kier molecular flexibility index (Phi) is 4.16. The van der Waals surface area contributed by atoms with E-state index in [9.17, 15) is 4.79 Å². The van der Waals surface area contributed by atoms with Crippen molar-refractivity contribution in [1.82, 2.24) is 0 Å². The van der Waals surface area contributed by atoms with E-state index in [1.54, 1.807) is 0 Å². The molecule has 0 saturated carbocycles. The van der Waals surface area contributed by atoms with Gasteiger partial charge in [-0.15, -0.1) is 0 Å². The summed E-state index contributed by atoms with van der Waals surface area (Å²) in [6, 6.07) is 7.57. The molecular formula is C12H16O3. The Hall–Kier alpha value is -1.51. The van der Waals surface area contributed by atoms with Gasteiger partial charge in [-0.05, 0) is 30.5 Å². The molecule has 0 heterocycles. The van der Waals surface area contributed by atoms with Gasteiger partial charge in [-0.25, -0.2) is 0 Å². The highest BCUT2D eigenvalue weighted by atomic mass is 16.5. The maximum absolute atomic E-state index is 10.5. The molecule has 1 aromatic carbocycles. The molecule has 1 atom stereocenters. The zero-order valence-electron chi connectivity index (χ0n) is 9.06. The molecule has 0 aliphatic carbocycles. The molecule has 15 heavy (non-hydrogen) atoms. The Morgan fingerprint density at radius 3 is 2.47 bits per heavy atom. The normalized spacial score (nSPS) is 12.1. The molecule has 0 amide bonds. The quantitative estimate of drug-likeness (QED) is 0.809. The lowest BCUT2D eigenvalue weighted by molar-refractivity contribution is -0.137. The van der Waals surface area contributed by atoms with Crippen LogP contribution in [0.2, 0.25) is 0 Å². The average Bonchev–Trinajstić information content (AvgIpc) is 2.18. The van der Waals surface area contributed by atoms with Crippen molar-refractivity contribution in [1.29, 1.82) is 0 Å². The number of carbonyl (C=O) groups is 1. The number of carboxylic acid groups (broad SMARTS) is 1. The lowest BCUT2D eigenvalue weighted by Crippen LogP contribution is -2.02. The van der Waals surface area contributed by atoms with Crippen LogP contribution in [0.1, 0.15) is 31.7 Å². The fraction of sp³-hybridized carbons (Fsp3) is 0.417. The molecule has 82 valence electrons. The predicted molar refractivity (Wildman–Crippen MR) is 58.3 cm³/mol. The molecular weight excluding hydrogens is 192 g/mol. The van der Waals surface area contributed by atoms with Crippen LogP contribution in [0.25, 0.3) is 0 Å². The Labute approximate surface area is 89.7 Å². The first-order valence-corrected chi connectivity index (χ1v) is 5.08. The monoisotopic (exact) mass is 208 g/mol. The van der Waals surface area contributed by atoms with Crippen molar-refractivity contribution in [2.45, 2.75) is 26.2 Å². The first kappa shape index (κ1) is 11.6. The van der Waals surface area contributed by atoms with Crippen LogP contribution in [-0.4, -0.2) is 17.7 Å². The van der Waals surface area contributed by atoms with Crippen LogP contribution in [0.15, 0.2) is 24.3 Å². The van der Waals surface area contributed by atoms with E-state index < -0.39 is 5.97 Å². The van der Waals surface area contributed by atoms with E-state index in [-0.39, 0.29) is 12.3 Å². The van der Waals surface area contributed by atoms with Gasteiger partial charge in [0.25, 0.3) is 0 Å². The van der Waals surface area contributed by atoms with Crippen LogP contribution in [0.3, 0.4) is 0 Å². The van der Waals surface area contributed by atoms with Crippen molar-refractivity contribution in [3.63, 3.8) is 0 Å². The number of ether oxygens (including phenoxy) is 1. The van der Waals surface area contributed by atoms with Gasteiger partial charge in [0.1, 0.15) is 5.75 Å². The zero-order valence-corrected chi connectivity index (χ0v) is 9.06. The molecule has 0 spiro atoms. The van der Waals surface area contributed by atoms with E-state index >= 15 is 0 Å². The summed E-state index contributed by atoms with van der Waals surface area (Å²) in [6.45, 7) is 4.48. The van der Waals surface area contributed by atoms with E-state index in [4.69, 9.17) is 9.84 Å². The van der Waals surface area contributed by atoms with Gasteiger partial charge in [-0.2, -0.15) is 0 Å². The molecule has 3 nitrogen and oxygen atoms in total. The minimum Gasteiger partial charge on any atom is -0.494 e. The van der Waals surface area contributed by atoms with Gasteiger partial charge in [0.15, 0.2) is 0 Å². The summed E-state index contributed by atoms with van der Waals surface area (Å²) in [4.78, 5) is 10.5. The smallest absolute Gasteiger partial charge is 0.303 e. The highest BCUT2D eigenvalue weighted by Crippen LogP contribution is 2.21. The summed E-state index contributed by atoms with van der Waals surface area (Å²) >= 11 is 0. The predicted octanol–water partition coefficient (Wildman–Crippen LogP) is 2.66. The number of hydrogen-bond donors (Lipinski definition) is 1. The summed E-state index contributed by atoms with van der Waals surface area (Å²) < 4.78 is 5.31. The van der Waals surface area contributed by atoms with Crippen LogP contribution in [0, 0.1) is 0 Å². The van der Waals surface area contributed by atoms with Crippen LogP contribution < -0.4 is 4.74 Å². The number of hydrogen-bond acceptors (Lipinski definition) is 2. The fourth-order valence-electron chi connectivity index (χ4n) is 1.44. The van der Waals surface area contributed by atoms with Crippen molar-refractivity contribution in [2.24, 2.45) is 0 Å². The van der Waals surface area contributed by atoms with Gasteiger partial charge >= 0.3 is 5.97 Å². The van der Waals surface area contributed by atoms with Gasteiger partial charge in [0.2, 0.25) is 0 Å². The maximum Gasteiger partial charge on any atom is 0.303 e. The summed E-state index contributed by atoms with van der Waals surface area (Å²) in [5.41, 5.74) is 1.03. The van der Waals surface area contributed by atoms with E-state index in [0.717, 1.165) is 11.3 Å². The third-order valence-corrected chi connectivity index (χ3v) is 2.24. The molecule has 0 fully saturated rings. The van der Waals surface area contributed by atoms with Crippen molar-refractivity contribution in [2.75, 3.05) is 6.61 Å². The zero-order chi connectivity index (χ0) is 11.3. The lowest BCUT2D eigenvalue weighted by atomic mass is 9.98. The number of benzene rings is 1. The minimum absolute atomic E-state index is 0.0400. The maximum atomic E-state index is 10.5. The molecule has 0 aromatic heterocycles. The SMILES string of the molecule is CCOc1ccc(C(C)CC(=O)O)cc1. The number of rotatable bonds is 5. The van der Waals surface area contributed by atoms with Crippen LogP contribution in [-0.2, 0) is 4.79 Å². The van der Waals surface area contributed by atoms with Gasteiger partial charge in [-0.1, -0.05) is 19.1 Å². The average molecular weight is 208 g/mol. The Morgan fingerprint density at radius 1 is 1.40 bits per heavy atom. The van der Waals surface area contributed by atoms with Gasteiger partial charge in [0, 0.05) is 0 Å². The second kappa shape index (κ2) is 5.39. The largest absolute Gasteiger partial charge is 0.494 e. The Balaban J connectivity index is 2.66. The summed E-state index contributed by atoms with van der Waals surface area (Å²) in [5.74, 6) is 0.0957. The first-order valence-electron chi connectivity index (χ1n) is 5.08. The minimum atomic E-state index is -0.767. The van der Waals surface area contributed by atoms with Crippen LogP contribution >= 0.6 is 0 Å². The Morgan fingerprint density at radius 2 is 2.00 bits per heavy atom. The highest BCUT2D eigenvalue weighted by Gasteiger charge is 2.09. The fourth-order valence-corrected chi connectivity index (χ4v) is 1.44. The lowest BCUT2D eigenvalue weighted by Gasteiger charge is -2.10. The second-order valence-corrected chi connectivity index (χ2v) is 3.50. The molecule has 1 N–H and O–H groups in total. The van der Waals surface area contributed by atoms with Gasteiger partial charge < -0.3 is 9.84 Å². The molecule has 0 aliphatic heterocycles. The first-order chi connectivity index (χ1) is 7.13. The number of aliphatic carboxylic acids is 1. The summed E-state index contributed by atoms with van der Waals surface area (Å²) in [7, 11) is 0. The molecule has 0 bridgehead atoms. The highest BCUT2D eigenvalue weighted by molar-refractivity contribution is 5.67. The van der Waals surface area contributed by atoms with E-state index in [2.05, 4.69) is 0 Å². The molecule has 0 saturated heterocycles. The summed E-state index contributed by atoms with van der Waals surface area (Å²) in [5, 5.41) is 8.66. The third-order valence-electron chi connectivity index (χ3n) is 2.24. The molecule has 3 heteroatoms. The van der Waals surface area contributed by atoms with Crippen LogP contribution in [0.5, 0.6) is 5.75 Å². The van der Waals surface area contributed by atoms with Gasteiger partial charge in [0.05, 0.1) is 13.0 Å². The van der Waals surface area contributed by atoms with Crippen molar-refractivity contribution >= 4 is 5.97 Å². The van der Waals surface area contributed by atoms with Crippen LogP contribution in [0.4, 0.5) is 0 Å².